The van der Waals surface area contributed by atoms with Crippen molar-refractivity contribution in [2.24, 2.45) is 5.73 Å². The van der Waals surface area contributed by atoms with Crippen molar-refractivity contribution in [3.8, 4) is 28.1 Å². The molecule has 3 heterocycles. The summed E-state index contributed by atoms with van der Waals surface area (Å²) in [6.45, 7) is -3.58. The SMILES string of the molecule is NC(=O)c1ccc(-c2cnn([C@H](CCOC(F)F)c3ccc(-c4c(-n5cc(C(F)(F)F)nn5)ccc(Cl)c4F)[n+]([O-])c3)c2)cc1F. The number of halogens is 8. The Morgan fingerprint density at radius 1 is 1.09 bits per heavy atom. The third-order valence-electron chi connectivity index (χ3n) is 6.81. The first-order chi connectivity index (χ1) is 21.7. The average Bonchev–Trinajstić information content (AvgIpc) is 3.68. The normalized spacial score (nSPS) is 12.5. The number of carbonyl (C=O) groups excluding carboxylic acids is 1. The highest BCUT2D eigenvalue weighted by molar-refractivity contribution is 6.31. The number of aromatic nitrogens is 6. The Morgan fingerprint density at radius 3 is 2.48 bits per heavy atom. The van der Waals surface area contributed by atoms with Gasteiger partial charge in [-0.2, -0.15) is 31.8 Å². The number of alkyl halides is 5. The number of amides is 1. The molecular weight excluding hydrogens is 651 g/mol. The number of carbonyl (C=O) groups is 1. The molecule has 18 heteroatoms. The quantitative estimate of drug-likeness (QED) is 0.116. The largest absolute Gasteiger partial charge is 0.618 e. The summed E-state index contributed by atoms with van der Waals surface area (Å²) in [7, 11) is 0. The molecule has 0 saturated heterocycles. The lowest BCUT2D eigenvalue weighted by Gasteiger charge is -2.19. The maximum atomic E-state index is 15.4. The Kier molecular flexibility index (Phi) is 8.98. The second kappa shape index (κ2) is 12.8. The number of hydrogen-bond donors (Lipinski definition) is 1. The minimum Gasteiger partial charge on any atom is -0.618 e. The predicted molar refractivity (Wildman–Crippen MR) is 147 cm³/mol. The summed E-state index contributed by atoms with van der Waals surface area (Å²) in [5, 5.41) is 23.6. The summed E-state index contributed by atoms with van der Waals surface area (Å²) >= 11 is 5.94. The van der Waals surface area contributed by atoms with Crippen LogP contribution < -0.4 is 10.5 Å². The van der Waals surface area contributed by atoms with Crippen molar-refractivity contribution in [2.75, 3.05) is 6.61 Å². The smallest absolute Gasteiger partial charge is 0.436 e. The molecule has 0 bridgehead atoms. The van der Waals surface area contributed by atoms with Gasteiger partial charge in [0.25, 0.3) is 5.91 Å². The second-order valence-electron chi connectivity index (χ2n) is 9.68. The van der Waals surface area contributed by atoms with E-state index in [0.29, 0.717) is 22.0 Å². The third-order valence-corrected chi connectivity index (χ3v) is 7.10. The molecule has 0 spiro atoms. The van der Waals surface area contributed by atoms with Gasteiger partial charge in [0.2, 0.25) is 5.69 Å². The lowest BCUT2D eigenvalue weighted by atomic mass is 10.0. The van der Waals surface area contributed by atoms with E-state index in [1.807, 2.05) is 0 Å². The van der Waals surface area contributed by atoms with Crippen LogP contribution in [0.15, 0.2) is 67.3 Å². The van der Waals surface area contributed by atoms with Crippen molar-refractivity contribution in [3.05, 3.63) is 106 Å². The van der Waals surface area contributed by atoms with E-state index in [-0.39, 0.29) is 33.7 Å². The maximum absolute atomic E-state index is 15.4. The van der Waals surface area contributed by atoms with E-state index < -0.39 is 59.3 Å². The molecule has 0 unspecified atom stereocenters. The van der Waals surface area contributed by atoms with Crippen LogP contribution in [0.1, 0.15) is 34.1 Å². The minimum absolute atomic E-state index is 0.143. The van der Waals surface area contributed by atoms with Gasteiger partial charge in [-0.05, 0) is 42.3 Å². The van der Waals surface area contributed by atoms with Gasteiger partial charge >= 0.3 is 12.8 Å². The summed E-state index contributed by atoms with van der Waals surface area (Å²) < 4.78 is 101. The van der Waals surface area contributed by atoms with Crippen molar-refractivity contribution < 1.29 is 45.0 Å². The second-order valence-corrected chi connectivity index (χ2v) is 10.1. The van der Waals surface area contributed by atoms with Gasteiger partial charge in [-0.3, -0.25) is 9.48 Å². The van der Waals surface area contributed by atoms with Crippen molar-refractivity contribution in [1.82, 2.24) is 24.8 Å². The molecule has 0 aliphatic heterocycles. The fourth-order valence-corrected chi connectivity index (χ4v) is 4.80. The molecule has 0 aliphatic rings. The van der Waals surface area contributed by atoms with E-state index in [9.17, 15) is 36.3 Å². The van der Waals surface area contributed by atoms with Crippen molar-refractivity contribution in [2.45, 2.75) is 25.3 Å². The van der Waals surface area contributed by atoms with Crippen molar-refractivity contribution in [1.29, 1.82) is 0 Å². The Hall–Kier alpha value is -5.03. The van der Waals surface area contributed by atoms with E-state index >= 15 is 4.39 Å². The Morgan fingerprint density at radius 2 is 1.85 bits per heavy atom. The first kappa shape index (κ1) is 32.4. The van der Waals surface area contributed by atoms with Gasteiger partial charge in [0, 0.05) is 23.4 Å². The molecule has 240 valence electrons. The molecule has 5 rings (SSSR count). The van der Waals surface area contributed by atoms with Gasteiger partial charge in [0.15, 0.2) is 17.7 Å². The minimum atomic E-state index is -4.85. The van der Waals surface area contributed by atoms with Gasteiger partial charge in [0.1, 0.15) is 11.4 Å². The molecule has 0 fully saturated rings. The first-order valence-electron chi connectivity index (χ1n) is 13.0. The number of benzene rings is 2. The fourth-order valence-electron chi connectivity index (χ4n) is 4.65. The first-order valence-corrected chi connectivity index (χ1v) is 13.4. The van der Waals surface area contributed by atoms with E-state index in [1.165, 1.54) is 35.3 Å². The summed E-state index contributed by atoms with van der Waals surface area (Å²) in [6.07, 6.45) is -0.711. The zero-order valence-electron chi connectivity index (χ0n) is 22.9. The van der Waals surface area contributed by atoms with Crippen LogP contribution in [0.3, 0.4) is 0 Å². The van der Waals surface area contributed by atoms with Gasteiger partial charge in [-0.15, -0.1) is 5.10 Å². The van der Waals surface area contributed by atoms with Crippen LogP contribution in [0.4, 0.5) is 30.7 Å². The standard InChI is InChI=1S/C28H19ClF7N7O3/c29-18-4-6-21(42-13-23(39-40-42)28(34,35)36)24(25(18)31)22-5-2-15(12-43(22)45)20(7-8-46-27(32)33)41-11-16(10-38-41)14-1-3-17(26(37)44)19(30)9-14/h1-6,9-13,20,27H,7-8H2,(H2,37,44)/t20-/m1/s1. The molecule has 2 aromatic carbocycles. The van der Waals surface area contributed by atoms with E-state index in [1.54, 1.807) is 0 Å². The van der Waals surface area contributed by atoms with E-state index in [2.05, 4.69) is 20.1 Å². The molecule has 0 radical (unpaired) electrons. The van der Waals surface area contributed by atoms with Crippen molar-refractivity contribution >= 4 is 17.5 Å². The van der Waals surface area contributed by atoms with E-state index in [0.717, 1.165) is 30.5 Å². The molecule has 1 amide bonds. The number of pyridine rings is 1. The average molecular weight is 670 g/mol. The molecule has 46 heavy (non-hydrogen) atoms. The van der Waals surface area contributed by atoms with Crippen LogP contribution >= 0.6 is 11.6 Å². The van der Waals surface area contributed by atoms with Crippen molar-refractivity contribution in [3.63, 3.8) is 0 Å². The van der Waals surface area contributed by atoms with Gasteiger partial charge in [0.05, 0.1) is 41.3 Å². The van der Waals surface area contributed by atoms with Crippen LogP contribution in [0.2, 0.25) is 5.02 Å². The lowest BCUT2D eigenvalue weighted by Crippen LogP contribution is -2.31. The fraction of sp³-hybridized carbons (Fsp3) is 0.179. The molecule has 0 saturated carbocycles. The predicted octanol–water partition coefficient (Wildman–Crippen LogP) is 5.70. The molecule has 0 aliphatic carbocycles. The summed E-state index contributed by atoms with van der Waals surface area (Å²) in [6, 6.07) is 7.46. The maximum Gasteiger partial charge on any atom is 0.436 e. The molecule has 1 atom stereocenters. The molecular formula is C28H19ClF7N7O3. The number of primary amides is 1. The monoisotopic (exact) mass is 669 g/mol. The molecule has 5 aromatic rings. The van der Waals surface area contributed by atoms with Crippen LogP contribution in [-0.2, 0) is 10.9 Å². The number of nitrogens with zero attached hydrogens (tertiary/aromatic N) is 6. The zero-order valence-corrected chi connectivity index (χ0v) is 23.7. The summed E-state index contributed by atoms with van der Waals surface area (Å²) in [4.78, 5) is 11.4. The highest BCUT2D eigenvalue weighted by Crippen LogP contribution is 2.34. The third kappa shape index (κ3) is 6.64. The van der Waals surface area contributed by atoms with Gasteiger partial charge in [-0.25, -0.2) is 13.5 Å². The summed E-state index contributed by atoms with van der Waals surface area (Å²) in [5.74, 6) is -2.98. The topological polar surface area (TPSA) is 128 Å². The van der Waals surface area contributed by atoms with E-state index in [4.69, 9.17) is 17.3 Å². The number of ether oxygens (including phenoxy) is 1. The number of hydrogen-bond acceptors (Lipinski definition) is 6. The Bertz CT molecular complexity index is 1910. The Labute approximate surface area is 259 Å². The molecule has 10 nitrogen and oxygen atoms in total. The molecule has 2 N–H and O–H groups in total. The highest BCUT2D eigenvalue weighted by atomic mass is 35.5. The van der Waals surface area contributed by atoms with Crippen LogP contribution in [0.25, 0.3) is 28.1 Å². The van der Waals surface area contributed by atoms with Gasteiger partial charge < -0.3 is 15.7 Å². The molecule has 3 aromatic heterocycles. The number of nitrogens with two attached hydrogens (primary N) is 1. The number of rotatable bonds is 10. The Balaban J connectivity index is 1.54. The summed E-state index contributed by atoms with van der Waals surface area (Å²) in [5.41, 5.74) is 3.15. The lowest BCUT2D eigenvalue weighted by molar-refractivity contribution is -0.594. The highest BCUT2D eigenvalue weighted by Gasteiger charge is 2.35. The van der Waals surface area contributed by atoms with Crippen LogP contribution in [0, 0.1) is 16.8 Å². The van der Waals surface area contributed by atoms with Gasteiger partial charge in [-0.1, -0.05) is 22.9 Å². The zero-order chi connectivity index (χ0) is 33.3. The van der Waals surface area contributed by atoms with Crippen LogP contribution in [-0.4, -0.2) is 43.9 Å². The van der Waals surface area contributed by atoms with Crippen LogP contribution in [0.5, 0.6) is 0 Å².